The Morgan fingerprint density at radius 1 is 1.28 bits per heavy atom. The van der Waals surface area contributed by atoms with Crippen molar-refractivity contribution in [2.75, 3.05) is 6.61 Å². The van der Waals surface area contributed by atoms with Crippen LogP contribution in [0.1, 0.15) is 22.8 Å². The Labute approximate surface area is 145 Å². The third-order valence-corrected chi connectivity index (χ3v) is 4.36. The zero-order valence-corrected chi connectivity index (χ0v) is 14.4. The van der Waals surface area contributed by atoms with Gasteiger partial charge in [-0.2, -0.15) is 0 Å². The highest BCUT2D eigenvalue weighted by Crippen LogP contribution is 2.21. The van der Waals surface area contributed by atoms with Crippen LogP contribution in [0.5, 0.6) is 5.75 Å². The Morgan fingerprint density at radius 2 is 2.04 bits per heavy atom. The fraction of sp³-hybridized carbons (Fsp3) is 0.412. The summed E-state index contributed by atoms with van der Waals surface area (Å²) < 4.78 is 7.36. The molecule has 1 aliphatic rings. The molecule has 1 aromatic heterocycles. The van der Waals surface area contributed by atoms with Crippen LogP contribution < -0.4 is 4.74 Å². The third-order valence-electron chi connectivity index (χ3n) is 4.36. The first-order valence-corrected chi connectivity index (χ1v) is 7.98. The van der Waals surface area contributed by atoms with Gasteiger partial charge in [0.2, 0.25) is 0 Å². The number of nitrogens with zero attached hydrogens (tertiary/aromatic N) is 4. The number of aromatic nitrogens is 3. The summed E-state index contributed by atoms with van der Waals surface area (Å²) in [5, 5.41) is 17.5. The number of carboxylic acids is 1. The summed E-state index contributed by atoms with van der Waals surface area (Å²) in [4.78, 5) is 25.5. The number of amides is 1. The van der Waals surface area contributed by atoms with Gasteiger partial charge in [-0.3, -0.25) is 4.79 Å². The quantitative estimate of drug-likeness (QED) is 0.891. The minimum atomic E-state index is -1.06. The molecule has 0 radical (unpaired) electrons. The molecule has 0 saturated carbocycles. The number of rotatable bonds is 4. The number of carboxylic acid groups (broad SMARTS) is 1. The molecule has 1 N–H and O–H groups in total. The van der Waals surface area contributed by atoms with Crippen LogP contribution in [0.25, 0.3) is 0 Å². The largest absolute Gasteiger partial charge is 0.483 e. The van der Waals surface area contributed by atoms with Gasteiger partial charge in [-0.05, 0) is 38.0 Å². The van der Waals surface area contributed by atoms with E-state index in [1.165, 1.54) is 4.90 Å². The molecular weight excluding hydrogens is 324 g/mol. The van der Waals surface area contributed by atoms with E-state index in [0.717, 1.165) is 11.1 Å². The van der Waals surface area contributed by atoms with Crippen molar-refractivity contribution in [1.82, 2.24) is 19.7 Å². The summed E-state index contributed by atoms with van der Waals surface area (Å²) >= 11 is 0. The second-order valence-corrected chi connectivity index (χ2v) is 6.21. The summed E-state index contributed by atoms with van der Waals surface area (Å²) in [5.41, 5.74) is 1.94. The molecule has 0 saturated heterocycles. The van der Waals surface area contributed by atoms with Crippen molar-refractivity contribution in [1.29, 1.82) is 0 Å². The fourth-order valence-corrected chi connectivity index (χ4v) is 2.87. The van der Waals surface area contributed by atoms with Gasteiger partial charge in [0.05, 0.1) is 13.1 Å². The lowest BCUT2D eigenvalue weighted by molar-refractivity contribution is -0.153. The standard InChI is InChI=1S/C17H20N4O4/c1-10-4-5-11(2)14(6-10)25-9-16(22)21-8-15-19-18-12(3)20(15)7-13(21)17(23)24/h4-6,13H,7-9H2,1-3H3,(H,23,24). The molecule has 1 aliphatic heterocycles. The van der Waals surface area contributed by atoms with E-state index in [2.05, 4.69) is 10.2 Å². The summed E-state index contributed by atoms with van der Waals surface area (Å²) in [6.45, 7) is 5.61. The minimum Gasteiger partial charge on any atom is -0.483 e. The molecule has 0 aliphatic carbocycles. The average Bonchev–Trinajstić information content (AvgIpc) is 2.94. The number of hydrogen-bond donors (Lipinski definition) is 1. The molecule has 8 heteroatoms. The summed E-state index contributed by atoms with van der Waals surface area (Å²) in [6, 6.07) is 4.77. The van der Waals surface area contributed by atoms with E-state index in [4.69, 9.17) is 4.74 Å². The molecule has 3 rings (SSSR count). The highest BCUT2D eigenvalue weighted by molar-refractivity contribution is 5.84. The average molecular weight is 344 g/mol. The first-order chi connectivity index (χ1) is 11.9. The molecule has 0 fully saturated rings. The number of ether oxygens (including phenoxy) is 1. The lowest BCUT2D eigenvalue weighted by atomic mass is 10.1. The number of benzene rings is 1. The van der Waals surface area contributed by atoms with Crippen LogP contribution in [-0.4, -0.2) is 49.3 Å². The van der Waals surface area contributed by atoms with Crippen molar-refractivity contribution in [3.05, 3.63) is 41.0 Å². The van der Waals surface area contributed by atoms with Gasteiger partial charge in [0.1, 0.15) is 17.6 Å². The van der Waals surface area contributed by atoms with Crippen molar-refractivity contribution in [2.45, 2.75) is 39.9 Å². The molecule has 1 aromatic carbocycles. The Bertz CT molecular complexity index is 830. The highest BCUT2D eigenvalue weighted by atomic mass is 16.5. The molecule has 2 heterocycles. The fourth-order valence-electron chi connectivity index (χ4n) is 2.87. The van der Waals surface area contributed by atoms with Crippen LogP contribution >= 0.6 is 0 Å². The molecule has 1 atom stereocenters. The van der Waals surface area contributed by atoms with Crippen LogP contribution in [-0.2, 0) is 22.7 Å². The second-order valence-electron chi connectivity index (χ2n) is 6.21. The monoisotopic (exact) mass is 344 g/mol. The maximum absolute atomic E-state index is 12.6. The molecule has 132 valence electrons. The minimum absolute atomic E-state index is 0.104. The van der Waals surface area contributed by atoms with E-state index < -0.39 is 12.0 Å². The van der Waals surface area contributed by atoms with Gasteiger partial charge < -0.3 is 19.3 Å². The van der Waals surface area contributed by atoms with Gasteiger partial charge in [0.15, 0.2) is 12.4 Å². The van der Waals surface area contributed by atoms with Crippen molar-refractivity contribution in [3.8, 4) is 5.75 Å². The van der Waals surface area contributed by atoms with Gasteiger partial charge in [-0.25, -0.2) is 4.79 Å². The Balaban J connectivity index is 1.76. The SMILES string of the molecule is Cc1ccc(C)c(OCC(=O)N2Cc3nnc(C)n3CC2C(=O)O)c1. The first kappa shape index (κ1) is 16.9. The molecule has 1 amide bonds. The Kier molecular flexibility index (Phi) is 4.43. The molecule has 2 aromatic rings. The van der Waals surface area contributed by atoms with Crippen LogP contribution in [0.3, 0.4) is 0 Å². The van der Waals surface area contributed by atoms with Crippen molar-refractivity contribution in [3.63, 3.8) is 0 Å². The van der Waals surface area contributed by atoms with Gasteiger partial charge in [-0.1, -0.05) is 12.1 Å². The predicted molar refractivity (Wildman–Crippen MR) is 88.1 cm³/mol. The van der Waals surface area contributed by atoms with Crippen LogP contribution in [0, 0.1) is 20.8 Å². The maximum atomic E-state index is 12.6. The second kappa shape index (κ2) is 6.54. The van der Waals surface area contributed by atoms with Crippen LogP contribution in [0.2, 0.25) is 0 Å². The molecule has 0 bridgehead atoms. The number of fused-ring (bicyclic) bond motifs is 1. The summed E-state index contributed by atoms with van der Waals surface area (Å²) in [5.74, 6) is 0.394. The first-order valence-electron chi connectivity index (χ1n) is 7.98. The predicted octanol–water partition coefficient (Wildman–Crippen LogP) is 1.08. The zero-order valence-electron chi connectivity index (χ0n) is 14.4. The molecule has 8 nitrogen and oxygen atoms in total. The number of aryl methyl sites for hydroxylation is 3. The van der Waals surface area contributed by atoms with E-state index >= 15 is 0 Å². The van der Waals surface area contributed by atoms with Crippen molar-refractivity contribution < 1.29 is 19.4 Å². The Morgan fingerprint density at radius 3 is 2.76 bits per heavy atom. The van der Waals surface area contributed by atoms with Crippen LogP contribution in [0.15, 0.2) is 18.2 Å². The summed E-state index contributed by atoms with van der Waals surface area (Å²) in [6.07, 6.45) is 0. The highest BCUT2D eigenvalue weighted by Gasteiger charge is 2.36. The lowest BCUT2D eigenvalue weighted by Crippen LogP contribution is -2.52. The molecule has 0 spiro atoms. The van der Waals surface area contributed by atoms with Crippen molar-refractivity contribution >= 4 is 11.9 Å². The van der Waals surface area contributed by atoms with Gasteiger partial charge in [-0.15, -0.1) is 10.2 Å². The van der Waals surface area contributed by atoms with Crippen LogP contribution in [0.4, 0.5) is 0 Å². The van der Waals surface area contributed by atoms with Crippen molar-refractivity contribution in [2.24, 2.45) is 0 Å². The van der Waals surface area contributed by atoms with Gasteiger partial charge >= 0.3 is 5.97 Å². The number of hydrogen-bond acceptors (Lipinski definition) is 5. The van der Waals surface area contributed by atoms with Gasteiger partial charge in [0.25, 0.3) is 5.91 Å². The number of aliphatic carboxylic acids is 1. The normalized spacial score (nSPS) is 16.4. The van der Waals surface area contributed by atoms with E-state index in [-0.39, 0.29) is 25.6 Å². The molecule has 1 unspecified atom stereocenters. The van der Waals surface area contributed by atoms with Gasteiger partial charge in [0, 0.05) is 0 Å². The Hall–Kier alpha value is -2.90. The third kappa shape index (κ3) is 3.33. The van der Waals surface area contributed by atoms with E-state index in [1.54, 1.807) is 11.5 Å². The molecular formula is C17H20N4O4. The maximum Gasteiger partial charge on any atom is 0.328 e. The lowest BCUT2D eigenvalue weighted by Gasteiger charge is -2.33. The zero-order chi connectivity index (χ0) is 18.1. The molecule has 25 heavy (non-hydrogen) atoms. The van der Waals surface area contributed by atoms with E-state index in [9.17, 15) is 14.7 Å². The smallest absolute Gasteiger partial charge is 0.328 e. The number of carbonyl (C=O) groups is 2. The topological polar surface area (TPSA) is 97.5 Å². The van der Waals surface area contributed by atoms with E-state index in [1.807, 2.05) is 32.0 Å². The van der Waals surface area contributed by atoms with E-state index in [0.29, 0.717) is 17.4 Å². The summed E-state index contributed by atoms with van der Waals surface area (Å²) in [7, 11) is 0. The number of carbonyl (C=O) groups excluding carboxylic acids is 1.